The number of rotatable bonds is 4. The minimum absolute atomic E-state index is 0. The minimum atomic E-state index is 0. The number of thiol groups is 1. The quantitative estimate of drug-likeness (QED) is 0.273. The van der Waals surface area contributed by atoms with Crippen molar-refractivity contribution < 1.29 is 34.3 Å². The number of hydrogen-bond donors (Lipinski definition) is 1. The van der Waals surface area contributed by atoms with Crippen molar-refractivity contribution in [2.24, 2.45) is 0 Å². The topological polar surface area (TPSA) is 9.23 Å². The Balaban J connectivity index is 0. The first-order valence-corrected chi connectivity index (χ1v) is 3.98. The Hall–Kier alpha value is 1.24. The van der Waals surface area contributed by atoms with Crippen molar-refractivity contribution in [2.75, 3.05) is 6.61 Å². The fraction of sp³-hybridized carbons (Fsp3) is 0.833. The van der Waals surface area contributed by atoms with Gasteiger partial charge in [-0.3, -0.25) is 0 Å². The maximum absolute atomic E-state index is 4.94. The van der Waals surface area contributed by atoms with Crippen LogP contribution in [0, 0.1) is 0 Å². The van der Waals surface area contributed by atoms with E-state index >= 15 is 0 Å². The summed E-state index contributed by atoms with van der Waals surface area (Å²) in [5.41, 5.74) is 0. The Kier molecular flexibility index (Phi) is 14.1. The van der Waals surface area contributed by atoms with Gasteiger partial charge in [0.05, 0.1) is 6.61 Å². The Morgan fingerprint density at radius 2 is 2.10 bits per heavy atom. The molecule has 54 valence electrons. The summed E-state index contributed by atoms with van der Waals surface area (Å²) in [6, 6.07) is 0. The Labute approximate surface area is 95.6 Å². The van der Waals surface area contributed by atoms with Gasteiger partial charge in [-0.2, -0.15) is 0 Å². The number of hydrogen-bond acceptors (Lipinski definition) is 2. The van der Waals surface area contributed by atoms with Gasteiger partial charge in [-0.1, -0.05) is 32.4 Å². The first-order valence-electron chi connectivity index (χ1n) is 3.13. The average Bonchev–Trinajstić information content (AvgIpc) is 1.80. The van der Waals surface area contributed by atoms with Gasteiger partial charge in [0.25, 0.3) is 0 Å². The Morgan fingerprint density at radius 1 is 1.50 bits per heavy atom. The maximum Gasteiger partial charge on any atom is 1.00 e. The van der Waals surface area contributed by atoms with Crippen molar-refractivity contribution in [3.63, 3.8) is 0 Å². The van der Waals surface area contributed by atoms with Crippen molar-refractivity contribution >= 4 is 29.2 Å². The molecule has 0 N–H and O–H groups in total. The number of thiocarbonyl (C=S) groups is 1. The second-order valence-electron chi connectivity index (χ2n) is 1.82. The third kappa shape index (κ3) is 12.0. The molecule has 0 heterocycles. The van der Waals surface area contributed by atoms with E-state index < -0.39 is 0 Å². The molecular weight excluding hydrogens is 175 g/mol. The molecule has 0 spiro atoms. The molecule has 0 aromatic rings. The van der Waals surface area contributed by atoms with Gasteiger partial charge in [0.1, 0.15) is 0 Å². The summed E-state index contributed by atoms with van der Waals surface area (Å²) in [5.74, 6) is 0. The van der Waals surface area contributed by atoms with Crippen molar-refractivity contribution in [3.05, 3.63) is 0 Å². The Bertz CT molecular complexity index is 87.8. The van der Waals surface area contributed by atoms with E-state index in [0.29, 0.717) is 4.38 Å². The first-order chi connectivity index (χ1) is 4.27. The second kappa shape index (κ2) is 10.2. The third-order valence-corrected chi connectivity index (χ3v) is 1.22. The van der Waals surface area contributed by atoms with Crippen molar-refractivity contribution in [1.29, 1.82) is 0 Å². The van der Waals surface area contributed by atoms with Crippen molar-refractivity contribution in [1.82, 2.24) is 0 Å². The predicted octanol–water partition coefficient (Wildman–Crippen LogP) is -0.588. The molecule has 0 rings (SSSR count). The minimum Gasteiger partial charge on any atom is -0.479 e. The summed E-state index contributed by atoms with van der Waals surface area (Å²) >= 11 is 8.40. The van der Waals surface area contributed by atoms with E-state index in [4.69, 9.17) is 4.74 Å². The zero-order valence-corrected chi connectivity index (χ0v) is 10.3. The molecule has 1 nitrogen and oxygen atoms in total. The molecule has 0 aliphatic rings. The van der Waals surface area contributed by atoms with Crippen LogP contribution in [0.25, 0.3) is 0 Å². The van der Waals surface area contributed by atoms with Crippen LogP contribution in [0.2, 0.25) is 0 Å². The molecule has 4 heteroatoms. The summed E-state index contributed by atoms with van der Waals surface area (Å²) in [5, 5.41) is 0. The van der Waals surface area contributed by atoms with Crippen LogP contribution in [0.15, 0.2) is 0 Å². The molecule has 0 aliphatic carbocycles. The van der Waals surface area contributed by atoms with Gasteiger partial charge in [0.15, 0.2) is 0 Å². The average molecular weight is 187 g/mol. The largest absolute Gasteiger partial charge is 1.00 e. The van der Waals surface area contributed by atoms with Crippen LogP contribution in [0.3, 0.4) is 0 Å². The third-order valence-electron chi connectivity index (χ3n) is 0.973. The van der Waals surface area contributed by atoms with Gasteiger partial charge in [-0.25, -0.2) is 0 Å². The normalized spacial score (nSPS) is 8.20. The second-order valence-corrected chi connectivity index (χ2v) is 2.90. The molecule has 10 heavy (non-hydrogen) atoms. The molecule has 0 aromatic heterocycles. The molecule has 0 amide bonds. The molecule has 0 fully saturated rings. The fourth-order valence-corrected chi connectivity index (χ4v) is 0.686. The maximum atomic E-state index is 4.94. The van der Waals surface area contributed by atoms with Crippen LogP contribution in [0.4, 0.5) is 0 Å². The molecular formula is C6H12NaOS2+. The van der Waals surface area contributed by atoms with Crippen LogP contribution in [-0.2, 0) is 4.74 Å². The van der Waals surface area contributed by atoms with E-state index in [1.807, 2.05) is 0 Å². The van der Waals surface area contributed by atoms with E-state index in [-0.39, 0.29) is 29.6 Å². The first kappa shape index (κ1) is 13.8. The van der Waals surface area contributed by atoms with E-state index in [9.17, 15) is 0 Å². The SMILES string of the molecule is CCCCCOC(=S)S.[Na+]. The summed E-state index contributed by atoms with van der Waals surface area (Å²) in [6.45, 7) is 2.87. The van der Waals surface area contributed by atoms with E-state index in [0.717, 1.165) is 13.0 Å². The van der Waals surface area contributed by atoms with Crippen LogP contribution in [0.5, 0.6) is 0 Å². The van der Waals surface area contributed by atoms with E-state index in [1.54, 1.807) is 0 Å². The molecule has 0 saturated carbocycles. The van der Waals surface area contributed by atoms with Crippen molar-refractivity contribution in [3.8, 4) is 0 Å². The Morgan fingerprint density at radius 3 is 2.50 bits per heavy atom. The standard InChI is InChI=1S/C6H12OS2.Na/c1-2-3-4-5-7-6(8)9;/h2-5H2,1H3,(H,8,9);/q;+1. The van der Waals surface area contributed by atoms with Gasteiger partial charge in [0.2, 0.25) is 4.38 Å². The van der Waals surface area contributed by atoms with E-state index in [2.05, 4.69) is 31.8 Å². The molecule has 0 aliphatic heterocycles. The van der Waals surface area contributed by atoms with Crippen LogP contribution < -0.4 is 29.6 Å². The summed E-state index contributed by atoms with van der Waals surface area (Å²) in [7, 11) is 0. The number of unbranched alkanes of at least 4 members (excludes halogenated alkanes) is 2. The van der Waals surface area contributed by atoms with Crippen LogP contribution in [-0.4, -0.2) is 11.0 Å². The molecule has 0 unspecified atom stereocenters. The molecule has 0 aromatic carbocycles. The van der Waals surface area contributed by atoms with E-state index in [1.165, 1.54) is 12.8 Å². The predicted molar refractivity (Wildman–Crippen MR) is 47.1 cm³/mol. The monoisotopic (exact) mass is 187 g/mol. The fourth-order valence-electron chi connectivity index (χ4n) is 0.512. The van der Waals surface area contributed by atoms with Gasteiger partial charge in [0, 0.05) is 0 Å². The molecule has 0 atom stereocenters. The summed E-state index contributed by atoms with van der Waals surface area (Å²) < 4.78 is 5.29. The van der Waals surface area contributed by atoms with Crippen LogP contribution >= 0.6 is 24.8 Å². The summed E-state index contributed by atoms with van der Waals surface area (Å²) in [6.07, 6.45) is 3.50. The van der Waals surface area contributed by atoms with Gasteiger partial charge in [-0.05, 0) is 18.6 Å². The van der Waals surface area contributed by atoms with Crippen LogP contribution in [0.1, 0.15) is 26.2 Å². The molecule has 0 bridgehead atoms. The van der Waals surface area contributed by atoms with Gasteiger partial charge < -0.3 is 4.74 Å². The van der Waals surface area contributed by atoms with Gasteiger partial charge >= 0.3 is 29.6 Å². The molecule has 0 saturated heterocycles. The zero-order chi connectivity index (χ0) is 7.11. The van der Waals surface area contributed by atoms with Crippen molar-refractivity contribution in [2.45, 2.75) is 26.2 Å². The number of ether oxygens (including phenoxy) is 1. The smallest absolute Gasteiger partial charge is 0.479 e. The van der Waals surface area contributed by atoms with Gasteiger partial charge in [-0.15, -0.1) is 0 Å². The summed E-state index contributed by atoms with van der Waals surface area (Å²) in [4.78, 5) is 0. The zero-order valence-electron chi connectivity index (χ0n) is 6.59. The molecule has 0 radical (unpaired) electrons.